The fourth-order valence-electron chi connectivity index (χ4n) is 6.64. The molecule has 0 spiro atoms. The van der Waals surface area contributed by atoms with Gasteiger partial charge in [-0.05, 0) is 37.5 Å². The average molecular weight is 753 g/mol. The van der Waals surface area contributed by atoms with E-state index in [1.165, 1.54) is 36.9 Å². The largest absolute Gasteiger partial charge is 0.453 e. The number of carbonyl (C=O) groups excluding carboxylic acids is 4. The molecule has 0 aromatic carbocycles. The monoisotopic (exact) mass is 752 g/mol. The number of thiazole rings is 2. The third-order valence-corrected chi connectivity index (χ3v) is 11.6. The van der Waals surface area contributed by atoms with E-state index in [9.17, 15) is 19.2 Å². The first-order valence-electron chi connectivity index (χ1n) is 17.3. The average Bonchev–Trinajstić information content (AvgIpc) is 3.98. The minimum Gasteiger partial charge on any atom is -0.453 e. The van der Waals surface area contributed by atoms with E-state index in [0.717, 1.165) is 56.8 Å². The second-order valence-electron chi connectivity index (χ2n) is 13.5. The first-order chi connectivity index (χ1) is 25.0. The molecule has 6 heterocycles. The molecule has 4 N–H and O–H groups in total. The van der Waals surface area contributed by atoms with Crippen LogP contribution < -0.4 is 10.6 Å². The number of rotatable bonds is 11. The van der Waals surface area contributed by atoms with E-state index in [1.54, 1.807) is 34.6 Å². The number of nitrogens with zero attached hydrogens (tertiary/aromatic N) is 6. The molecule has 4 atom stereocenters. The van der Waals surface area contributed by atoms with Crippen LogP contribution in [0.25, 0.3) is 31.2 Å². The van der Waals surface area contributed by atoms with Crippen molar-refractivity contribution in [3.05, 3.63) is 36.4 Å². The van der Waals surface area contributed by atoms with Crippen LogP contribution in [0.5, 0.6) is 0 Å². The molecule has 0 saturated carbocycles. The van der Waals surface area contributed by atoms with Gasteiger partial charge in [0, 0.05) is 25.5 Å². The molecule has 2 unspecified atom stereocenters. The normalized spacial score (nSPS) is 18.5. The van der Waals surface area contributed by atoms with Crippen LogP contribution in [-0.2, 0) is 19.1 Å². The molecule has 0 aliphatic carbocycles. The second kappa shape index (κ2) is 15.8. The number of carbonyl (C=O) groups is 4. The number of ether oxygens (including phenoxy) is 2. The number of aromatic nitrogens is 6. The van der Waals surface area contributed by atoms with E-state index < -0.39 is 24.3 Å². The Morgan fingerprint density at radius 2 is 1.10 bits per heavy atom. The van der Waals surface area contributed by atoms with Crippen molar-refractivity contribution in [2.45, 2.75) is 77.5 Å². The van der Waals surface area contributed by atoms with Crippen molar-refractivity contribution in [1.29, 1.82) is 0 Å². The summed E-state index contributed by atoms with van der Waals surface area (Å²) in [6, 6.07) is -1.89. The Hall–Kier alpha value is -4.84. The molecular formula is C34H44N10O6S2. The van der Waals surface area contributed by atoms with E-state index in [0.29, 0.717) is 24.7 Å². The Bertz CT molecular complexity index is 1760. The zero-order chi connectivity index (χ0) is 37.1. The van der Waals surface area contributed by atoms with Gasteiger partial charge in [-0.3, -0.25) is 9.59 Å². The van der Waals surface area contributed by atoms with Crippen molar-refractivity contribution in [1.82, 2.24) is 50.3 Å². The molecule has 2 saturated heterocycles. The number of aromatic amines is 2. The number of methoxy groups -OCH3 is 2. The third-order valence-electron chi connectivity index (χ3n) is 9.40. The number of hydrogen-bond acceptors (Lipinski definition) is 12. The van der Waals surface area contributed by atoms with E-state index >= 15 is 0 Å². The Morgan fingerprint density at radius 1 is 0.692 bits per heavy atom. The van der Waals surface area contributed by atoms with Crippen LogP contribution in [0.4, 0.5) is 9.59 Å². The van der Waals surface area contributed by atoms with Crippen molar-refractivity contribution in [3.63, 3.8) is 0 Å². The fourth-order valence-corrected chi connectivity index (χ4v) is 8.44. The highest BCUT2D eigenvalue weighted by Gasteiger charge is 2.39. The number of imidazole rings is 2. The minimum atomic E-state index is -0.705. The summed E-state index contributed by atoms with van der Waals surface area (Å²) in [4.78, 5) is 81.6. The topological polar surface area (TPSA) is 200 Å². The van der Waals surface area contributed by atoms with Crippen molar-refractivity contribution in [2.24, 2.45) is 11.8 Å². The summed E-state index contributed by atoms with van der Waals surface area (Å²) in [6.45, 7) is 8.70. The summed E-state index contributed by atoms with van der Waals surface area (Å²) >= 11 is 2.97. The SMILES string of the molecule is COC(=O)NC(C(=O)N1CCC[C@H]1c1ncc(-c2cnc(-c3ncc(-c4cnc([C@@H]5CCCN5C(=O)C(NC(=O)OC)C(C)C)[nH]4)s3)s2)[nH]1)C(C)C. The van der Waals surface area contributed by atoms with E-state index in [4.69, 9.17) is 9.47 Å². The number of amides is 4. The van der Waals surface area contributed by atoms with Crippen molar-refractivity contribution in [3.8, 4) is 31.2 Å². The molecule has 16 nitrogen and oxygen atoms in total. The number of nitrogens with one attached hydrogen (secondary N) is 4. The summed E-state index contributed by atoms with van der Waals surface area (Å²) in [5.41, 5.74) is 1.58. The number of H-pyrrole nitrogens is 2. The van der Waals surface area contributed by atoms with Crippen LogP contribution in [0.1, 0.15) is 77.1 Å². The van der Waals surface area contributed by atoms with Crippen LogP contribution in [0.15, 0.2) is 24.8 Å². The molecule has 0 radical (unpaired) electrons. The van der Waals surface area contributed by atoms with Crippen molar-refractivity contribution < 1.29 is 28.7 Å². The molecule has 2 aliphatic heterocycles. The maximum Gasteiger partial charge on any atom is 0.407 e. The summed E-state index contributed by atoms with van der Waals surface area (Å²) in [5.74, 6) is 0.811. The van der Waals surface area contributed by atoms with Gasteiger partial charge in [-0.2, -0.15) is 0 Å². The van der Waals surface area contributed by atoms with Gasteiger partial charge in [-0.15, -0.1) is 22.7 Å². The van der Waals surface area contributed by atoms with Gasteiger partial charge in [0.2, 0.25) is 11.8 Å². The van der Waals surface area contributed by atoms with Crippen LogP contribution in [0.3, 0.4) is 0 Å². The highest BCUT2D eigenvalue weighted by atomic mass is 32.1. The molecule has 4 aromatic heterocycles. The van der Waals surface area contributed by atoms with Gasteiger partial charge >= 0.3 is 12.2 Å². The molecule has 18 heteroatoms. The van der Waals surface area contributed by atoms with Gasteiger partial charge in [0.25, 0.3) is 0 Å². The van der Waals surface area contributed by atoms with Crippen LogP contribution in [0.2, 0.25) is 0 Å². The molecule has 0 bridgehead atoms. The molecule has 2 aliphatic rings. The molecule has 2 fully saturated rings. The Kier molecular flexibility index (Phi) is 11.2. The first kappa shape index (κ1) is 36.9. The van der Waals surface area contributed by atoms with E-state index in [-0.39, 0.29) is 35.7 Å². The van der Waals surface area contributed by atoms with Gasteiger partial charge in [0.05, 0.1) is 59.8 Å². The fraction of sp³-hybridized carbons (Fsp3) is 0.529. The molecule has 4 aromatic rings. The Labute approximate surface area is 309 Å². The predicted molar refractivity (Wildman–Crippen MR) is 194 cm³/mol. The Morgan fingerprint density at radius 3 is 1.46 bits per heavy atom. The second-order valence-corrected chi connectivity index (χ2v) is 15.6. The first-order valence-corrected chi connectivity index (χ1v) is 18.9. The van der Waals surface area contributed by atoms with Gasteiger partial charge in [0.15, 0.2) is 10.0 Å². The van der Waals surface area contributed by atoms with E-state index in [2.05, 4.69) is 40.5 Å². The van der Waals surface area contributed by atoms with Gasteiger partial charge < -0.3 is 39.9 Å². The van der Waals surface area contributed by atoms with Gasteiger partial charge in [-0.25, -0.2) is 29.5 Å². The molecule has 52 heavy (non-hydrogen) atoms. The van der Waals surface area contributed by atoms with Crippen LogP contribution >= 0.6 is 22.7 Å². The molecule has 278 valence electrons. The Balaban J connectivity index is 1.13. The zero-order valence-electron chi connectivity index (χ0n) is 30.0. The van der Waals surface area contributed by atoms with Crippen molar-refractivity contribution in [2.75, 3.05) is 27.3 Å². The smallest absolute Gasteiger partial charge is 0.407 e. The highest BCUT2D eigenvalue weighted by Crippen LogP contribution is 2.39. The summed E-state index contributed by atoms with van der Waals surface area (Å²) in [6.07, 6.45) is 8.97. The molecule has 4 amide bonds. The standard InChI is InChI=1S/C34H44N10O6S2/c1-17(2)25(41-33(47)49-5)31(45)43-11-7-9-21(43)27-35-13-19(39-27)23-15-37-29(51-23)30-38-16-24(52-30)20-14-36-28(40-20)22-10-8-12-44(22)32(46)26(18(3)4)42-34(48)50-6/h13-18,21-22,25-26H,7-12H2,1-6H3,(H,35,39)(H,36,40)(H,41,47)(H,42,48)/t21-,22-,25?,26?/m0/s1. The maximum absolute atomic E-state index is 13.5. The molecule has 6 rings (SSSR count). The van der Waals surface area contributed by atoms with E-state index in [1.807, 2.05) is 27.7 Å². The summed E-state index contributed by atoms with van der Waals surface area (Å²) in [5, 5.41) is 6.86. The van der Waals surface area contributed by atoms with Crippen LogP contribution in [-0.4, -0.2) is 103 Å². The zero-order valence-corrected chi connectivity index (χ0v) is 31.6. The van der Waals surface area contributed by atoms with Gasteiger partial charge in [0.1, 0.15) is 23.7 Å². The highest BCUT2D eigenvalue weighted by molar-refractivity contribution is 7.24. The summed E-state index contributed by atoms with van der Waals surface area (Å²) in [7, 11) is 2.56. The lowest BCUT2D eigenvalue weighted by Gasteiger charge is -2.30. The van der Waals surface area contributed by atoms with Crippen molar-refractivity contribution >= 4 is 46.7 Å². The maximum atomic E-state index is 13.5. The number of likely N-dealkylation sites (tertiary alicyclic amines) is 2. The van der Waals surface area contributed by atoms with Gasteiger partial charge in [-0.1, -0.05) is 27.7 Å². The lowest BCUT2D eigenvalue weighted by atomic mass is 10.0. The quantitative estimate of drug-likeness (QED) is 0.159. The number of hydrogen-bond donors (Lipinski definition) is 4. The minimum absolute atomic E-state index is 0.119. The lowest BCUT2D eigenvalue weighted by molar-refractivity contribution is -0.136. The third kappa shape index (κ3) is 7.67. The summed E-state index contributed by atoms with van der Waals surface area (Å²) < 4.78 is 9.49. The lowest BCUT2D eigenvalue weighted by Crippen LogP contribution is -2.51. The number of alkyl carbamates (subject to hydrolysis) is 2. The molecular weight excluding hydrogens is 709 g/mol. The van der Waals surface area contributed by atoms with Crippen LogP contribution in [0, 0.1) is 11.8 Å². The predicted octanol–water partition coefficient (Wildman–Crippen LogP) is 5.14.